The predicted octanol–water partition coefficient (Wildman–Crippen LogP) is 2.72. The molecule has 3 fully saturated rings. The van der Waals surface area contributed by atoms with Gasteiger partial charge in [-0.1, -0.05) is 13.8 Å². The first-order chi connectivity index (χ1) is 10.8. The molecule has 5 atom stereocenters. The molecule has 4 unspecified atom stereocenters. The zero-order valence-corrected chi connectivity index (χ0v) is 14.2. The van der Waals surface area contributed by atoms with Gasteiger partial charge in [0, 0.05) is 48.4 Å². The van der Waals surface area contributed by atoms with Crippen molar-refractivity contribution in [1.82, 2.24) is 4.90 Å². The lowest BCUT2D eigenvalue weighted by atomic mass is 9.50. The molecule has 4 nitrogen and oxygen atoms in total. The molecule has 23 heavy (non-hydrogen) atoms. The quantitative estimate of drug-likeness (QED) is 0.690. The van der Waals surface area contributed by atoms with E-state index >= 15 is 0 Å². The number of allylic oxidation sites excluding steroid dienone is 2. The molecule has 1 saturated heterocycles. The Kier molecular flexibility index (Phi) is 2.99. The molecule has 4 rings (SSSR count). The standard InChI is InChI=1S/C19H25NO3/c1-18-8-6-11(21)10-14(18)20(3)17(23)16-12-4-5-15(22)19(12,2)9-7-13(16)18/h10,12-13,16H,4-9H2,1-3H3/t12?,13?,16?,18-,19?/m1/s1. The minimum Gasteiger partial charge on any atom is -0.318 e. The van der Waals surface area contributed by atoms with Crippen LogP contribution < -0.4 is 0 Å². The van der Waals surface area contributed by atoms with E-state index in [0.29, 0.717) is 18.6 Å². The number of ketones is 2. The fraction of sp³-hybridized carbons (Fsp3) is 0.737. The van der Waals surface area contributed by atoms with Crippen LogP contribution >= 0.6 is 0 Å². The molecular formula is C19H25NO3. The summed E-state index contributed by atoms with van der Waals surface area (Å²) in [7, 11) is 1.81. The van der Waals surface area contributed by atoms with Crippen LogP contribution in [0.2, 0.25) is 0 Å². The lowest BCUT2D eigenvalue weighted by molar-refractivity contribution is -0.156. The lowest BCUT2D eigenvalue weighted by Crippen LogP contribution is -2.59. The van der Waals surface area contributed by atoms with Gasteiger partial charge in [0.1, 0.15) is 5.78 Å². The summed E-state index contributed by atoms with van der Waals surface area (Å²) in [5, 5.41) is 0. The lowest BCUT2D eigenvalue weighted by Gasteiger charge is -2.57. The number of amides is 1. The Morgan fingerprint density at radius 2 is 1.70 bits per heavy atom. The highest BCUT2D eigenvalue weighted by atomic mass is 16.2. The highest BCUT2D eigenvalue weighted by molar-refractivity contribution is 5.95. The van der Waals surface area contributed by atoms with Crippen molar-refractivity contribution in [3.05, 3.63) is 11.8 Å². The first-order valence-corrected chi connectivity index (χ1v) is 8.85. The Morgan fingerprint density at radius 1 is 1.00 bits per heavy atom. The Hall–Kier alpha value is -1.45. The minimum atomic E-state index is -0.306. The van der Waals surface area contributed by atoms with Crippen LogP contribution in [0, 0.1) is 28.6 Å². The molecule has 0 aromatic rings. The number of rotatable bonds is 0. The Labute approximate surface area is 137 Å². The van der Waals surface area contributed by atoms with Crippen molar-refractivity contribution < 1.29 is 14.4 Å². The van der Waals surface area contributed by atoms with Crippen molar-refractivity contribution in [2.45, 2.75) is 52.4 Å². The van der Waals surface area contributed by atoms with Crippen LogP contribution in [0.3, 0.4) is 0 Å². The number of Topliss-reactive ketones (excluding diaryl/α,β-unsaturated/α-hetero) is 1. The first kappa shape index (κ1) is 15.1. The van der Waals surface area contributed by atoms with Crippen LogP contribution in [0.1, 0.15) is 52.4 Å². The second-order valence-electron chi connectivity index (χ2n) is 8.47. The second kappa shape index (κ2) is 4.55. The van der Waals surface area contributed by atoms with E-state index in [1.807, 2.05) is 7.05 Å². The Bertz CT molecular complexity index is 651. The highest BCUT2D eigenvalue weighted by Crippen LogP contribution is 2.63. The molecule has 0 bridgehead atoms. The van der Waals surface area contributed by atoms with Gasteiger partial charge in [-0.3, -0.25) is 14.4 Å². The average Bonchev–Trinajstić information content (AvgIpc) is 2.82. The highest BCUT2D eigenvalue weighted by Gasteiger charge is 2.62. The van der Waals surface area contributed by atoms with Gasteiger partial charge in [-0.2, -0.15) is 0 Å². The zero-order chi connectivity index (χ0) is 16.6. The van der Waals surface area contributed by atoms with Crippen LogP contribution in [0.4, 0.5) is 0 Å². The van der Waals surface area contributed by atoms with Gasteiger partial charge in [-0.15, -0.1) is 0 Å². The largest absolute Gasteiger partial charge is 0.318 e. The van der Waals surface area contributed by atoms with Crippen LogP contribution in [-0.2, 0) is 14.4 Å². The summed E-state index contributed by atoms with van der Waals surface area (Å²) in [4.78, 5) is 39.2. The van der Waals surface area contributed by atoms with E-state index < -0.39 is 0 Å². The van der Waals surface area contributed by atoms with E-state index in [-0.39, 0.29) is 40.3 Å². The number of piperidine rings is 1. The summed E-state index contributed by atoms with van der Waals surface area (Å²) in [5.41, 5.74) is 0.501. The number of carbonyl (C=O) groups excluding carboxylic acids is 3. The molecule has 0 aromatic carbocycles. The van der Waals surface area contributed by atoms with E-state index in [0.717, 1.165) is 31.4 Å². The van der Waals surface area contributed by atoms with E-state index in [2.05, 4.69) is 13.8 Å². The SMILES string of the molecule is CN1C(=O)C2C3CCC(=O)C3(C)CCC2[C@@]2(C)CCC(=O)C=C12. The Morgan fingerprint density at radius 3 is 2.43 bits per heavy atom. The molecule has 4 heteroatoms. The molecule has 0 N–H and O–H groups in total. The third-order valence-electron chi connectivity index (χ3n) is 7.55. The molecule has 0 radical (unpaired) electrons. The van der Waals surface area contributed by atoms with Crippen LogP contribution in [0.25, 0.3) is 0 Å². The molecule has 4 aliphatic rings. The maximum absolute atomic E-state index is 13.1. The van der Waals surface area contributed by atoms with Crippen molar-refractivity contribution in [3.8, 4) is 0 Å². The molecule has 124 valence electrons. The van der Waals surface area contributed by atoms with Crippen LogP contribution in [0.5, 0.6) is 0 Å². The maximum Gasteiger partial charge on any atom is 0.230 e. The summed E-state index contributed by atoms with van der Waals surface area (Å²) in [6, 6.07) is 0. The molecule has 0 spiro atoms. The smallest absolute Gasteiger partial charge is 0.230 e. The van der Waals surface area contributed by atoms with Gasteiger partial charge < -0.3 is 4.90 Å². The predicted molar refractivity (Wildman–Crippen MR) is 85.3 cm³/mol. The van der Waals surface area contributed by atoms with Gasteiger partial charge in [-0.05, 0) is 37.5 Å². The van der Waals surface area contributed by atoms with Crippen LogP contribution in [0.15, 0.2) is 11.8 Å². The van der Waals surface area contributed by atoms with Crippen molar-refractivity contribution in [2.24, 2.45) is 28.6 Å². The maximum atomic E-state index is 13.1. The topological polar surface area (TPSA) is 54.5 Å². The third kappa shape index (κ3) is 1.75. The van der Waals surface area contributed by atoms with E-state index in [4.69, 9.17) is 0 Å². The zero-order valence-electron chi connectivity index (χ0n) is 14.2. The number of carbonyl (C=O) groups is 3. The van der Waals surface area contributed by atoms with Crippen molar-refractivity contribution in [1.29, 1.82) is 0 Å². The summed E-state index contributed by atoms with van der Waals surface area (Å²) < 4.78 is 0. The molecule has 0 aromatic heterocycles. The molecule has 1 aliphatic heterocycles. The van der Waals surface area contributed by atoms with E-state index in [1.54, 1.807) is 11.0 Å². The second-order valence-corrected chi connectivity index (χ2v) is 8.47. The monoisotopic (exact) mass is 315 g/mol. The number of hydrogen-bond acceptors (Lipinski definition) is 3. The van der Waals surface area contributed by atoms with Gasteiger partial charge >= 0.3 is 0 Å². The van der Waals surface area contributed by atoms with Crippen molar-refractivity contribution in [3.63, 3.8) is 0 Å². The summed E-state index contributed by atoms with van der Waals surface area (Å²) >= 11 is 0. The van der Waals surface area contributed by atoms with Gasteiger partial charge in [0.15, 0.2) is 5.78 Å². The van der Waals surface area contributed by atoms with Gasteiger partial charge in [0.2, 0.25) is 5.91 Å². The van der Waals surface area contributed by atoms with E-state index in [9.17, 15) is 14.4 Å². The van der Waals surface area contributed by atoms with Gasteiger partial charge in [0.25, 0.3) is 0 Å². The number of nitrogens with zero attached hydrogens (tertiary/aromatic N) is 1. The van der Waals surface area contributed by atoms with Crippen LogP contribution in [-0.4, -0.2) is 29.4 Å². The number of likely N-dealkylation sites (tertiary alicyclic amines) is 1. The summed E-state index contributed by atoms with van der Waals surface area (Å²) in [6.45, 7) is 4.31. The van der Waals surface area contributed by atoms with Gasteiger partial charge in [0.05, 0.1) is 0 Å². The van der Waals surface area contributed by atoms with E-state index in [1.165, 1.54) is 0 Å². The minimum absolute atomic E-state index is 0.0550. The molecular weight excluding hydrogens is 290 g/mol. The van der Waals surface area contributed by atoms with Gasteiger partial charge in [-0.25, -0.2) is 0 Å². The average molecular weight is 315 g/mol. The molecule has 1 heterocycles. The third-order valence-corrected chi connectivity index (χ3v) is 7.55. The number of fused-ring (bicyclic) bond motifs is 5. The summed E-state index contributed by atoms with van der Waals surface area (Å²) in [5.74, 6) is 1.00. The number of hydrogen-bond donors (Lipinski definition) is 0. The van der Waals surface area contributed by atoms with Crippen molar-refractivity contribution >= 4 is 17.5 Å². The fourth-order valence-corrected chi connectivity index (χ4v) is 6.07. The summed E-state index contributed by atoms with van der Waals surface area (Å²) in [6.07, 6.45) is 6.39. The fourth-order valence-electron chi connectivity index (χ4n) is 6.07. The molecule has 1 amide bonds. The van der Waals surface area contributed by atoms with Crippen molar-refractivity contribution in [2.75, 3.05) is 7.05 Å². The Balaban J connectivity index is 1.81. The first-order valence-electron chi connectivity index (χ1n) is 8.85. The molecule has 3 aliphatic carbocycles. The normalized spacial score (nSPS) is 46.2. The molecule has 2 saturated carbocycles.